The molecule has 8 amide bonds. The van der Waals surface area contributed by atoms with Gasteiger partial charge in [-0.2, -0.15) is 0 Å². The minimum absolute atomic E-state index is 0.00992. The van der Waals surface area contributed by atoms with Crippen LogP contribution in [-0.4, -0.2) is 143 Å². The number of H-pyrrole nitrogens is 2. The number of aromatic nitrogens is 3. The minimum Gasteiger partial charge on any atom is -0.481 e. The van der Waals surface area contributed by atoms with E-state index >= 15 is 0 Å². The first kappa shape index (κ1) is 54.2. The number of carboxylic acids is 1. The topological polar surface area (TPSA) is 354 Å². The van der Waals surface area contributed by atoms with Crippen molar-refractivity contribution in [3.05, 3.63) is 94.2 Å². The van der Waals surface area contributed by atoms with Gasteiger partial charge in [-0.05, 0) is 55.7 Å². The van der Waals surface area contributed by atoms with Crippen LogP contribution in [0.15, 0.2) is 67.3 Å². The number of nitro groups is 1. The largest absolute Gasteiger partial charge is 0.481 e. The molecule has 4 aromatic rings. The third kappa shape index (κ3) is 14.3. The average Bonchev–Trinajstić information content (AvgIpc) is 4.15. The molecule has 24 heteroatoms. The van der Waals surface area contributed by atoms with Crippen LogP contribution in [0.1, 0.15) is 88.5 Å². The molecule has 0 saturated carbocycles. The lowest BCUT2D eigenvalue weighted by Crippen LogP contribution is -2.64. The molecule has 4 heterocycles. The number of nitrogens with one attached hydrogen (secondary N) is 7. The summed E-state index contributed by atoms with van der Waals surface area (Å²) < 4.78 is 0. The third-order valence-electron chi connectivity index (χ3n) is 13.0. The van der Waals surface area contributed by atoms with Gasteiger partial charge in [-0.1, -0.05) is 50.1 Å². The highest BCUT2D eigenvalue weighted by Crippen LogP contribution is 2.25. The number of benzene rings is 2. The first-order valence-electron chi connectivity index (χ1n) is 24.3. The summed E-state index contributed by atoms with van der Waals surface area (Å²) in [5.41, 5.74) is 7.92. The van der Waals surface area contributed by atoms with Crippen molar-refractivity contribution >= 4 is 69.8 Å². The second-order valence-corrected chi connectivity index (χ2v) is 18.3. The number of amides is 8. The number of carboxylic acid groups (broad SMARTS) is 1. The Kier molecular flexibility index (Phi) is 18.8. The lowest BCUT2D eigenvalue weighted by Gasteiger charge is -2.38. The number of nitrogens with two attached hydrogens (primary N) is 1. The van der Waals surface area contributed by atoms with Crippen LogP contribution in [0.25, 0.3) is 10.9 Å². The van der Waals surface area contributed by atoms with E-state index in [0.29, 0.717) is 36.1 Å². The molecule has 0 aliphatic carbocycles. The van der Waals surface area contributed by atoms with Crippen LogP contribution in [-0.2, 0) is 62.4 Å². The number of fused-ring (bicyclic) bond motifs is 2. The standard InChI is InChI=1S/C49H62N12O12/c1-3-4-11-35(55-28(2)62)49(71)60-39(43(50)65)13-7-8-19-52-44(66)36(22-30-25-53-34-12-6-5-10-33(30)34)56-46(68)40-14-9-20-59(40)48(70)38(21-29-15-17-32(18-16-29)61(72)73)58-45(67)37(23-31-26-51-27-54-31)57-47(69)41(60)24-42(63)64/h5-6,10,12,15-18,25-27,35-41,53H,3-4,7-9,11,13-14,19-24H2,1-2H3,(H2,50,65)(H,51,54)(H,52,66)(H,55,62)(H,56,68)(H,57,69)(H,58,67)(H,63,64)/t35-,36-,37-,38+,39-,40-,41-/m0/s1. The van der Waals surface area contributed by atoms with E-state index in [2.05, 4.69) is 41.5 Å². The van der Waals surface area contributed by atoms with E-state index in [1.807, 2.05) is 31.2 Å². The number of hydrogen-bond acceptors (Lipinski definition) is 12. The van der Waals surface area contributed by atoms with Crippen LogP contribution in [0.4, 0.5) is 5.69 Å². The summed E-state index contributed by atoms with van der Waals surface area (Å²) in [5.74, 6) is -8.45. The molecule has 2 saturated heterocycles. The highest BCUT2D eigenvalue weighted by atomic mass is 16.6. The molecule has 2 aliphatic rings. The van der Waals surface area contributed by atoms with Crippen LogP contribution in [0.3, 0.4) is 0 Å². The smallest absolute Gasteiger partial charge is 0.305 e. The molecule has 2 fully saturated rings. The zero-order chi connectivity index (χ0) is 52.8. The summed E-state index contributed by atoms with van der Waals surface area (Å²) in [6.45, 7) is 3.05. The van der Waals surface area contributed by atoms with Crippen molar-refractivity contribution < 1.29 is 53.2 Å². The van der Waals surface area contributed by atoms with E-state index in [0.717, 1.165) is 22.7 Å². The maximum absolute atomic E-state index is 14.9. The maximum Gasteiger partial charge on any atom is 0.305 e. The van der Waals surface area contributed by atoms with Crippen LogP contribution < -0.4 is 32.3 Å². The Morgan fingerprint density at radius 3 is 2.26 bits per heavy atom. The number of imidazole rings is 1. The Hall–Kier alpha value is -8.18. The molecular weight excluding hydrogens is 949 g/mol. The quantitative estimate of drug-likeness (QED) is 0.0589. The Labute approximate surface area is 419 Å². The molecule has 24 nitrogen and oxygen atoms in total. The van der Waals surface area contributed by atoms with E-state index in [1.54, 1.807) is 6.20 Å². The fourth-order valence-electron chi connectivity index (χ4n) is 9.37. The zero-order valence-electron chi connectivity index (χ0n) is 40.6. The fourth-order valence-corrected chi connectivity index (χ4v) is 9.37. The van der Waals surface area contributed by atoms with Gasteiger partial charge in [0.2, 0.25) is 47.3 Å². The monoisotopic (exact) mass is 1010 g/mol. The molecule has 6 rings (SSSR count). The number of non-ortho nitro benzene ring substituents is 1. The lowest BCUT2D eigenvalue weighted by atomic mass is 9.98. The molecule has 2 aromatic carbocycles. The molecule has 0 unspecified atom stereocenters. The van der Waals surface area contributed by atoms with Gasteiger partial charge in [-0.15, -0.1) is 0 Å². The normalized spacial score (nSPS) is 22.2. The Balaban J connectivity index is 1.45. The molecule has 0 radical (unpaired) electrons. The van der Waals surface area contributed by atoms with Gasteiger partial charge in [0.25, 0.3) is 5.69 Å². The molecule has 0 bridgehead atoms. The van der Waals surface area contributed by atoms with Crippen molar-refractivity contribution in [1.29, 1.82) is 0 Å². The van der Waals surface area contributed by atoms with Crippen molar-refractivity contribution in [2.75, 3.05) is 13.1 Å². The summed E-state index contributed by atoms with van der Waals surface area (Å²) in [6, 6.07) is 2.19. The van der Waals surface area contributed by atoms with Gasteiger partial charge >= 0.3 is 5.97 Å². The summed E-state index contributed by atoms with van der Waals surface area (Å²) in [5, 5.41) is 36.2. The molecule has 0 spiro atoms. The van der Waals surface area contributed by atoms with E-state index in [4.69, 9.17) is 5.73 Å². The number of carbonyl (C=O) groups excluding carboxylic acids is 8. The molecule has 2 aliphatic heterocycles. The number of primary amides is 1. The fraction of sp³-hybridized carbons (Fsp3) is 0.469. The van der Waals surface area contributed by atoms with Gasteiger partial charge in [0.05, 0.1) is 17.7 Å². The number of nitro benzene ring substituents is 1. The Morgan fingerprint density at radius 2 is 1.59 bits per heavy atom. The van der Waals surface area contributed by atoms with Crippen molar-refractivity contribution in [3.63, 3.8) is 0 Å². The molecular formula is C49H62N12O12. The van der Waals surface area contributed by atoms with Crippen molar-refractivity contribution in [2.45, 2.75) is 133 Å². The van der Waals surface area contributed by atoms with Crippen molar-refractivity contribution in [1.82, 2.24) is 51.3 Å². The van der Waals surface area contributed by atoms with Crippen LogP contribution in [0, 0.1) is 10.1 Å². The zero-order valence-corrected chi connectivity index (χ0v) is 40.6. The SMILES string of the molecule is CCCC[C@H](NC(C)=O)C(=O)N1[C@H](C(N)=O)CCCCNC(=O)[C@H](Cc2c[nH]c3ccccc23)NC(=O)[C@@H]2CCCN2C(=O)[C@@H](Cc2ccc([N+](=O)[O-])cc2)NC(=O)[C@H](Cc2cnc[nH]2)NC(=O)[C@@H]1CC(=O)O. The molecule has 2 aromatic heterocycles. The van der Waals surface area contributed by atoms with Crippen molar-refractivity contribution in [2.24, 2.45) is 5.73 Å². The molecule has 390 valence electrons. The molecule has 7 atom stereocenters. The third-order valence-corrected chi connectivity index (χ3v) is 13.0. The number of hydrogen-bond donors (Lipinski definition) is 9. The van der Waals surface area contributed by atoms with E-state index < -0.39 is 107 Å². The van der Waals surface area contributed by atoms with E-state index in [9.17, 15) is 58.4 Å². The van der Waals surface area contributed by atoms with Crippen LogP contribution >= 0.6 is 0 Å². The number of aliphatic carboxylic acids is 1. The van der Waals surface area contributed by atoms with Gasteiger partial charge in [0.15, 0.2) is 0 Å². The highest BCUT2D eigenvalue weighted by molar-refractivity contribution is 6.00. The Bertz CT molecular complexity index is 2660. The van der Waals surface area contributed by atoms with Crippen LogP contribution in [0.5, 0.6) is 0 Å². The van der Waals surface area contributed by atoms with Gasteiger partial charge in [-0.25, -0.2) is 4.98 Å². The Morgan fingerprint density at radius 1 is 0.877 bits per heavy atom. The second kappa shape index (κ2) is 25.3. The number of unbranched alkanes of at least 4 members (excludes halogenated alkanes) is 1. The maximum atomic E-state index is 14.9. The number of para-hydroxylation sites is 1. The number of nitrogens with zero attached hydrogens (tertiary/aromatic N) is 4. The summed E-state index contributed by atoms with van der Waals surface area (Å²) >= 11 is 0. The predicted molar refractivity (Wildman–Crippen MR) is 261 cm³/mol. The average molecular weight is 1010 g/mol. The van der Waals surface area contributed by atoms with Gasteiger partial charge in [-0.3, -0.25) is 53.3 Å². The number of rotatable bonds is 15. The van der Waals surface area contributed by atoms with Gasteiger partial charge in [0.1, 0.15) is 42.3 Å². The molecule has 10 N–H and O–H groups in total. The lowest BCUT2D eigenvalue weighted by molar-refractivity contribution is -0.384. The minimum atomic E-state index is -2.02. The highest BCUT2D eigenvalue weighted by Gasteiger charge is 2.44. The summed E-state index contributed by atoms with van der Waals surface area (Å²) in [6.07, 6.45) is 4.30. The van der Waals surface area contributed by atoms with Crippen LogP contribution in [0.2, 0.25) is 0 Å². The predicted octanol–water partition coefficient (Wildman–Crippen LogP) is 0.793. The van der Waals surface area contributed by atoms with Gasteiger partial charge < -0.3 is 57.2 Å². The number of aromatic amines is 2. The van der Waals surface area contributed by atoms with Crippen molar-refractivity contribution in [3.8, 4) is 0 Å². The summed E-state index contributed by atoms with van der Waals surface area (Å²) in [7, 11) is 0. The molecule has 73 heavy (non-hydrogen) atoms. The van der Waals surface area contributed by atoms with E-state index in [1.165, 1.54) is 41.7 Å². The first-order chi connectivity index (χ1) is 34.9. The van der Waals surface area contributed by atoms with Gasteiger partial charge in [0, 0.05) is 80.4 Å². The number of carbonyl (C=O) groups is 9. The first-order valence-corrected chi connectivity index (χ1v) is 24.3. The summed E-state index contributed by atoms with van der Waals surface area (Å²) in [4.78, 5) is 150. The second-order valence-electron chi connectivity index (χ2n) is 18.3. The van der Waals surface area contributed by atoms with E-state index in [-0.39, 0.29) is 70.1 Å².